The number of non-ortho nitro benzene ring substituents is 1. The molecule has 1 aromatic rings. The number of rotatable bonds is 5. The van der Waals surface area contributed by atoms with Crippen molar-refractivity contribution in [3.8, 4) is 0 Å². The van der Waals surface area contributed by atoms with Gasteiger partial charge in [-0.1, -0.05) is 0 Å². The third kappa shape index (κ3) is 3.89. The van der Waals surface area contributed by atoms with E-state index in [4.69, 9.17) is 8.92 Å². The second-order valence-corrected chi connectivity index (χ2v) is 6.02. The molecule has 1 amide bonds. The van der Waals surface area contributed by atoms with Crippen molar-refractivity contribution in [1.82, 2.24) is 5.32 Å². The predicted octanol–water partition coefficient (Wildman–Crippen LogP) is 0.720. The summed E-state index contributed by atoms with van der Waals surface area (Å²) in [6.45, 7) is -0.0595. The van der Waals surface area contributed by atoms with Crippen LogP contribution >= 0.6 is 0 Å². The van der Waals surface area contributed by atoms with E-state index in [9.17, 15) is 23.3 Å². The zero-order valence-corrected chi connectivity index (χ0v) is 11.7. The SMILES string of the molecule is CS(=O)(=O)O[C@@H](c1ccc([N+](=O)[O-])cc1)[C@@H]1COC(=O)N1. The average Bonchev–Trinajstić information content (AvgIpc) is 2.81. The van der Waals surface area contributed by atoms with Gasteiger partial charge in [0.15, 0.2) is 0 Å². The van der Waals surface area contributed by atoms with Crippen LogP contribution in [0.3, 0.4) is 0 Å². The first-order valence-corrected chi connectivity index (χ1v) is 7.64. The van der Waals surface area contributed by atoms with Gasteiger partial charge in [-0.2, -0.15) is 8.42 Å². The highest BCUT2D eigenvalue weighted by Crippen LogP contribution is 2.27. The molecule has 1 aromatic carbocycles. The maximum absolute atomic E-state index is 11.3. The topological polar surface area (TPSA) is 125 Å². The van der Waals surface area contributed by atoms with Crippen molar-refractivity contribution in [1.29, 1.82) is 0 Å². The van der Waals surface area contributed by atoms with Crippen LogP contribution in [0.5, 0.6) is 0 Å². The summed E-state index contributed by atoms with van der Waals surface area (Å²) in [5.41, 5.74) is 0.241. The molecule has 0 saturated carbocycles. The molecule has 2 rings (SSSR count). The summed E-state index contributed by atoms with van der Waals surface area (Å²) in [6, 6.07) is 4.50. The number of amides is 1. The van der Waals surface area contributed by atoms with Crippen LogP contribution in [0.4, 0.5) is 10.5 Å². The zero-order chi connectivity index (χ0) is 15.6. The summed E-state index contributed by atoms with van der Waals surface area (Å²) >= 11 is 0. The molecule has 1 fully saturated rings. The van der Waals surface area contributed by atoms with Gasteiger partial charge in [0.05, 0.1) is 17.2 Å². The standard InChI is InChI=1S/C11H12N2O7S/c1-21(17,18)20-10(9-6-19-11(14)12-9)7-2-4-8(5-3-7)13(15)16/h2-5,9-10H,6H2,1H3,(H,12,14)/t9-,10-/m0/s1. The Kier molecular flexibility index (Phi) is 4.09. The molecular formula is C11H12N2O7S. The van der Waals surface area contributed by atoms with Crippen LogP contribution in [-0.4, -0.2) is 38.3 Å². The Morgan fingerprint density at radius 1 is 1.43 bits per heavy atom. The van der Waals surface area contributed by atoms with Crippen LogP contribution in [-0.2, 0) is 19.0 Å². The summed E-state index contributed by atoms with van der Waals surface area (Å²) in [5, 5.41) is 13.0. The summed E-state index contributed by atoms with van der Waals surface area (Å²) in [4.78, 5) is 21.1. The number of cyclic esters (lactones) is 1. The van der Waals surface area contributed by atoms with Gasteiger partial charge in [-0.25, -0.2) is 4.79 Å². The normalized spacial score (nSPS) is 19.7. The molecule has 0 bridgehead atoms. The molecule has 0 spiro atoms. The molecule has 1 aliphatic rings. The second kappa shape index (κ2) is 5.66. The quantitative estimate of drug-likeness (QED) is 0.482. The Balaban J connectivity index is 2.30. The van der Waals surface area contributed by atoms with Gasteiger partial charge in [-0.05, 0) is 17.7 Å². The molecular weight excluding hydrogens is 304 g/mol. The van der Waals surface area contributed by atoms with E-state index in [1.165, 1.54) is 24.3 Å². The zero-order valence-electron chi connectivity index (χ0n) is 10.9. The van der Waals surface area contributed by atoms with Crippen LogP contribution in [0.1, 0.15) is 11.7 Å². The first-order valence-electron chi connectivity index (χ1n) is 5.82. The minimum absolute atomic E-state index is 0.0595. The maximum atomic E-state index is 11.3. The summed E-state index contributed by atoms with van der Waals surface area (Å²) < 4.78 is 32.4. The highest BCUT2D eigenvalue weighted by molar-refractivity contribution is 7.86. The lowest BCUT2D eigenvalue weighted by atomic mass is 10.0. The van der Waals surface area contributed by atoms with E-state index >= 15 is 0 Å². The number of carbonyl (C=O) groups is 1. The number of nitrogens with one attached hydrogen (secondary N) is 1. The molecule has 1 saturated heterocycles. The van der Waals surface area contributed by atoms with E-state index in [1.807, 2.05) is 0 Å². The minimum atomic E-state index is -3.79. The lowest BCUT2D eigenvalue weighted by molar-refractivity contribution is -0.384. The number of hydrogen-bond donors (Lipinski definition) is 1. The Morgan fingerprint density at radius 2 is 2.05 bits per heavy atom. The minimum Gasteiger partial charge on any atom is -0.447 e. The van der Waals surface area contributed by atoms with Crippen molar-refractivity contribution in [2.24, 2.45) is 0 Å². The molecule has 1 heterocycles. The van der Waals surface area contributed by atoms with E-state index in [-0.39, 0.29) is 12.3 Å². The number of benzene rings is 1. The molecule has 9 nitrogen and oxygen atoms in total. The van der Waals surface area contributed by atoms with Crippen molar-refractivity contribution in [2.75, 3.05) is 12.9 Å². The lowest BCUT2D eigenvalue weighted by Crippen LogP contribution is -2.35. The van der Waals surface area contributed by atoms with Crippen molar-refractivity contribution >= 4 is 21.9 Å². The molecule has 21 heavy (non-hydrogen) atoms. The summed E-state index contributed by atoms with van der Waals surface area (Å²) in [5.74, 6) is 0. The summed E-state index contributed by atoms with van der Waals surface area (Å²) in [6.07, 6.45) is -0.820. The van der Waals surface area contributed by atoms with E-state index < -0.39 is 33.3 Å². The molecule has 10 heteroatoms. The Bertz CT molecular complexity index is 656. The molecule has 114 valence electrons. The van der Waals surface area contributed by atoms with Gasteiger partial charge in [-0.3, -0.25) is 14.3 Å². The van der Waals surface area contributed by atoms with Gasteiger partial charge >= 0.3 is 6.09 Å². The van der Waals surface area contributed by atoms with Crippen LogP contribution in [0.15, 0.2) is 24.3 Å². The predicted molar refractivity (Wildman–Crippen MR) is 70.0 cm³/mol. The Morgan fingerprint density at radius 3 is 2.48 bits per heavy atom. The molecule has 0 unspecified atom stereocenters. The van der Waals surface area contributed by atoms with Crippen molar-refractivity contribution in [2.45, 2.75) is 12.1 Å². The monoisotopic (exact) mass is 316 g/mol. The van der Waals surface area contributed by atoms with E-state index in [1.54, 1.807) is 0 Å². The van der Waals surface area contributed by atoms with Crippen LogP contribution in [0, 0.1) is 10.1 Å². The maximum Gasteiger partial charge on any atom is 0.407 e. The fourth-order valence-electron chi connectivity index (χ4n) is 1.89. The van der Waals surface area contributed by atoms with Gasteiger partial charge in [-0.15, -0.1) is 0 Å². The molecule has 0 radical (unpaired) electrons. The highest BCUT2D eigenvalue weighted by atomic mass is 32.2. The number of carbonyl (C=O) groups excluding carboxylic acids is 1. The third-order valence-corrected chi connectivity index (χ3v) is 3.33. The molecule has 2 atom stereocenters. The number of nitro groups is 1. The Labute approximate surface area is 120 Å². The molecule has 1 N–H and O–H groups in total. The Hall–Kier alpha value is -2.20. The van der Waals surface area contributed by atoms with Gasteiger partial charge in [0.25, 0.3) is 15.8 Å². The third-order valence-electron chi connectivity index (χ3n) is 2.77. The van der Waals surface area contributed by atoms with Gasteiger partial charge in [0, 0.05) is 12.1 Å². The van der Waals surface area contributed by atoms with Crippen molar-refractivity contribution in [3.05, 3.63) is 39.9 Å². The first kappa shape index (κ1) is 15.2. The number of nitro benzene ring substituents is 1. The van der Waals surface area contributed by atoms with E-state index in [0.29, 0.717) is 5.56 Å². The smallest absolute Gasteiger partial charge is 0.407 e. The number of hydrogen-bond acceptors (Lipinski definition) is 7. The molecule has 1 aliphatic heterocycles. The van der Waals surface area contributed by atoms with Gasteiger partial charge in [0.1, 0.15) is 12.7 Å². The molecule has 0 aromatic heterocycles. The highest BCUT2D eigenvalue weighted by Gasteiger charge is 2.34. The number of alkyl carbamates (subject to hydrolysis) is 1. The molecule has 0 aliphatic carbocycles. The van der Waals surface area contributed by atoms with Gasteiger partial charge in [0.2, 0.25) is 0 Å². The van der Waals surface area contributed by atoms with Crippen LogP contribution in [0.2, 0.25) is 0 Å². The fourth-order valence-corrected chi connectivity index (χ4v) is 2.51. The number of nitrogens with zero attached hydrogens (tertiary/aromatic N) is 1. The first-order chi connectivity index (χ1) is 9.76. The van der Waals surface area contributed by atoms with Crippen molar-refractivity contribution in [3.63, 3.8) is 0 Å². The van der Waals surface area contributed by atoms with E-state index in [2.05, 4.69) is 5.32 Å². The van der Waals surface area contributed by atoms with Crippen LogP contribution < -0.4 is 5.32 Å². The second-order valence-electron chi connectivity index (χ2n) is 4.42. The average molecular weight is 316 g/mol. The number of ether oxygens (including phenoxy) is 1. The van der Waals surface area contributed by atoms with E-state index in [0.717, 1.165) is 6.26 Å². The largest absolute Gasteiger partial charge is 0.447 e. The van der Waals surface area contributed by atoms with Crippen LogP contribution in [0.25, 0.3) is 0 Å². The van der Waals surface area contributed by atoms with Crippen molar-refractivity contribution < 1.29 is 27.1 Å². The lowest BCUT2D eigenvalue weighted by Gasteiger charge is -2.21. The van der Waals surface area contributed by atoms with Gasteiger partial charge < -0.3 is 10.1 Å². The fraction of sp³-hybridized carbons (Fsp3) is 0.364. The summed E-state index contributed by atoms with van der Waals surface area (Å²) in [7, 11) is -3.79.